The van der Waals surface area contributed by atoms with Crippen molar-refractivity contribution in [3.05, 3.63) is 0 Å². The van der Waals surface area contributed by atoms with Gasteiger partial charge in [-0.1, -0.05) is 13.8 Å². The molecule has 0 amide bonds. The second-order valence-corrected chi connectivity index (χ2v) is 3.27. The molecule has 0 spiro atoms. The van der Waals surface area contributed by atoms with E-state index in [1.165, 1.54) is 19.3 Å². The highest BCUT2D eigenvalue weighted by molar-refractivity contribution is 4.60. The molecule has 3 nitrogen and oxygen atoms in total. The zero-order valence-electron chi connectivity index (χ0n) is 8.29. The predicted octanol–water partition coefficient (Wildman–Crippen LogP) is 1.25. The Kier molecular flexibility index (Phi) is 4.58. The van der Waals surface area contributed by atoms with Crippen LogP contribution in [0.5, 0.6) is 0 Å². The molecule has 12 heavy (non-hydrogen) atoms. The molecule has 0 unspecified atom stereocenters. The lowest BCUT2D eigenvalue weighted by Gasteiger charge is -2.29. The fraction of sp³-hybridized carbons (Fsp3) is 1.00. The lowest BCUT2D eigenvalue weighted by Crippen LogP contribution is -2.44. The summed E-state index contributed by atoms with van der Waals surface area (Å²) in [5.41, 5.74) is 4.43. The van der Waals surface area contributed by atoms with Crippen LogP contribution in [0.3, 0.4) is 0 Å². The van der Waals surface area contributed by atoms with Crippen molar-refractivity contribution in [3.8, 4) is 0 Å². The molecule has 1 fully saturated rings. The topological polar surface area (TPSA) is 20.6 Å². The van der Waals surface area contributed by atoms with Crippen LogP contribution in [0.2, 0.25) is 0 Å². The molecule has 71 valence electrons. The molecular weight excluding hydrogens is 150 g/mol. The summed E-state index contributed by atoms with van der Waals surface area (Å²) in [5, 5.41) is 4.53. The second kappa shape index (κ2) is 5.51. The van der Waals surface area contributed by atoms with Crippen LogP contribution in [0.25, 0.3) is 0 Å². The van der Waals surface area contributed by atoms with Crippen molar-refractivity contribution in [3.63, 3.8) is 0 Å². The van der Waals surface area contributed by atoms with Gasteiger partial charge >= 0.3 is 0 Å². The van der Waals surface area contributed by atoms with Crippen molar-refractivity contribution < 1.29 is 0 Å². The fourth-order valence-electron chi connectivity index (χ4n) is 1.56. The Balaban J connectivity index is 2.29. The van der Waals surface area contributed by atoms with Crippen molar-refractivity contribution in [1.29, 1.82) is 0 Å². The van der Waals surface area contributed by atoms with E-state index >= 15 is 0 Å². The molecule has 0 bridgehead atoms. The van der Waals surface area contributed by atoms with Gasteiger partial charge in [0.15, 0.2) is 0 Å². The first-order valence-corrected chi connectivity index (χ1v) is 5.08. The zero-order valence-corrected chi connectivity index (χ0v) is 8.29. The Morgan fingerprint density at radius 2 is 1.92 bits per heavy atom. The van der Waals surface area contributed by atoms with Crippen LogP contribution in [-0.2, 0) is 0 Å². The first kappa shape index (κ1) is 9.96. The molecule has 1 rings (SSSR count). The van der Waals surface area contributed by atoms with Crippen LogP contribution >= 0.6 is 0 Å². The van der Waals surface area contributed by atoms with E-state index in [2.05, 4.69) is 29.4 Å². The average Bonchev–Trinajstić information content (AvgIpc) is 2.56. The largest absolute Gasteiger partial charge is 0.227 e. The Morgan fingerprint density at radius 3 is 2.33 bits per heavy atom. The van der Waals surface area contributed by atoms with Crippen LogP contribution in [-0.4, -0.2) is 36.3 Å². The smallest absolute Gasteiger partial charge is 0.0334 e. The maximum Gasteiger partial charge on any atom is 0.0334 e. The monoisotopic (exact) mass is 170 g/mol. The highest BCUT2D eigenvalue weighted by Gasteiger charge is 2.18. The fourth-order valence-corrected chi connectivity index (χ4v) is 1.56. The van der Waals surface area contributed by atoms with E-state index in [9.17, 15) is 0 Å². The Labute approximate surface area is 75.7 Å². The third-order valence-corrected chi connectivity index (χ3v) is 2.07. The average molecular weight is 170 g/mol. The van der Waals surface area contributed by atoms with E-state index in [0.717, 1.165) is 26.2 Å². The molecule has 0 aromatic heterocycles. The van der Waals surface area contributed by atoms with Gasteiger partial charge in [0, 0.05) is 26.2 Å². The number of rotatable bonds is 5. The van der Waals surface area contributed by atoms with Crippen molar-refractivity contribution in [2.24, 2.45) is 0 Å². The zero-order chi connectivity index (χ0) is 8.81. The molecule has 0 atom stereocenters. The first-order chi connectivity index (χ1) is 5.88. The standard InChI is InChI=1S/C9H20N3/c1-3-7-11(8-4-2)12-9-5-6-10-12/h3-9H2,1-2H3. The summed E-state index contributed by atoms with van der Waals surface area (Å²) >= 11 is 0. The van der Waals surface area contributed by atoms with Gasteiger partial charge in [0.2, 0.25) is 0 Å². The highest BCUT2D eigenvalue weighted by Crippen LogP contribution is 2.05. The maximum absolute atomic E-state index is 4.43. The van der Waals surface area contributed by atoms with Crippen LogP contribution in [0.1, 0.15) is 33.1 Å². The lowest BCUT2D eigenvalue weighted by molar-refractivity contribution is -0.0477. The van der Waals surface area contributed by atoms with E-state index in [1.807, 2.05) is 0 Å². The van der Waals surface area contributed by atoms with E-state index < -0.39 is 0 Å². The Morgan fingerprint density at radius 1 is 1.25 bits per heavy atom. The van der Waals surface area contributed by atoms with Crippen LogP contribution in [0, 0.1) is 0 Å². The molecule has 1 saturated heterocycles. The summed E-state index contributed by atoms with van der Waals surface area (Å²) in [5.74, 6) is 0. The van der Waals surface area contributed by atoms with Crippen molar-refractivity contribution in [1.82, 2.24) is 15.6 Å². The summed E-state index contributed by atoms with van der Waals surface area (Å²) < 4.78 is 0. The SMILES string of the molecule is CCCN(CCC)N1CCC[N]1. The third kappa shape index (κ3) is 2.73. The molecule has 0 aliphatic carbocycles. The van der Waals surface area contributed by atoms with E-state index in [4.69, 9.17) is 0 Å². The van der Waals surface area contributed by atoms with Gasteiger partial charge in [-0.25, -0.2) is 5.01 Å². The first-order valence-electron chi connectivity index (χ1n) is 5.08. The molecule has 3 heteroatoms. The molecule has 1 aliphatic heterocycles. The number of hydrogen-bond donors (Lipinski definition) is 0. The van der Waals surface area contributed by atoms with Crippen LogP contribution < -0.4 is 5.43 Å². The Bertz CT molecular complexity index is 104. The van der Waals surface area contributed by atoms with E-state index in [0.29, 0.717) is 0 Å². The van der Waals surface area contributed by atoms with Gasteiger partial charge in [-0.15, -0.1) is 5.43 Å². The van der Waals surface area contributed by atoms with E-state index in [1.54, 1.807) is 0 Å². The van der Waals surface area contributed by atoms with Gasteiger partial charge in [-0.05, 0) is 19.3 Å². The molecule has 1 radical (unpaired) electrons. The molecular formula is C9H20N3. The van der Waals surface area contributed by atoms with E-state index in [-0.39, 0.29) is 0 Å². The van der Waals surface area contributed by atoms with Crippen LogP contribution in [0.4, 0.5) is 0 Å². The summed E-state index contributed by atoms with van der Waals surface area (Å²) in [4.78, 5) is 0. The normalized spacial score (nSPS) is 19.2. The molecule has 1 heterocycles. The van der Waals surface area contributed by atoms with Gasteiger partial charge in [0.1, 0.15) is 0 Å². The second-order valence-electron chi connectivity index (χ2n) is 3.27. The molecule has 0 aromatic rings. The minimum absolute atomic E-state index is 1.02. The quantitative estimate of drug-likeness (QED) is 0.619. The number of hydrogen-bond acceptors (Lipinski definition) is 2. The van der Waals surface area contributed by atoms with Crippen LogP contribution in [0.15, 0.2) is 0 Å². The van der Waals surface area contributed by atoms with Gasteiger partial charge in [-0.2, -0.15) is 5.12 Å². The minimum Gasteiger partial charge on any atom is -0.227 e. The van der Waals surface area contributed by atoms with Gasteiger partial charge in [-0.3, -0.25) is 0 Å². The summed E-state index contributed by atoms with van der Waals surface area (Å²) in [7, 11) is 0. The summed E-state index contributed by atoms with van der Waals surface area (Å²) in [6, 6.07) is 0. The van der Waals surface area contributed by atoms with Gasteiger partial charge in [0.25, 0.3) is 0 Å². The van der Waals surface area contributed by atoms with Crippen molar-refractivity contribution in [2.45, 2.75) is 33.1 Å². The van der Waals surface area contributed by atoms with Gasteiger partial charge < -0.3 is 0 Å². The Hall–Kier alpha value is -0.120. The minimum atomic E-state index is 1.02. The summed E-state index contributed by atoms with van der Waals surface area (Å²) in [6.45, 7) is 8.88. The highest BCUT2D eigenvalue weighted by atomic mass is 15.8. The lowest BCUT2D eigenvalue weighted by atomic mass is 10.4. The van der Waals surface area contributed by atoms with Crippen molar-refractivity contribution >= 4 is 0 Å². The van der Waals surface area contributed by atoms with Gasteiger partial charge in [0.05, 0.1) is 0 Å². The van der Waals surface area contributed by atoms with Crippen molar-refractivity contribution in [2.75, 3.05) is 26.2 Å². The predicted molar refractivity (Wildman–Crippen MR) is 50.5 cm³/mol. The number of hydrazine groups is 1. The number of nitrogens with zero attached hydrogens (tertiary/aromatic N) is 3. The molecule has 0 saturated carbocycles. The summed E-state index contributed by atoms with van der Waals surface area (Å²) in [6.07, 6.45) is 3.65. The molecule has 0 aromatic carbocycles. The maximum atomic E-state index is 4.43. The molecule has 0 N–H and O–H groups in total. The third-order valence-electron chi connectivity index (χ3n) is 2.07. The molecule has 1 aliphatic rings.